The molecule has 5 heteroatoms. The van der Waals surface area contributed by atoms with Gasteiger partial charge in [-0.05, 0) is 80.8 Å². The van der Waals surface area contributed by atoms with Crippen molar-refractivity contribution in [1.82, 2.24) is 4.90 Å². The molecule has 1 atom stereocenters. The normalized spacial score (nSPS) is 16.8. The summed E-state index contributed by atoms with van der Waals surface area (Å²) in [7, 11) is 0. The predicted octanol–water partition coefficient (Wildman–Crippen LogP) is 7.78. The molecule has 34 heavy (non-hydrogen) atoms. The third-order valence-corrected chi connectivity index (χ3v) is 7.37. The van der Waals surface area contributed by atoms with E-state index in [0.717, 1.165) is 82.3 Å². The van der Waals surface area contributed by atoms with Crippen LogP contribution >= 0.6 is 0 Å². The minimum absolute atomic E-state index is 0.201. The van der Waals surface area contributed by atoms with Gasteiger partial charge in [0.2, 0.25) is 0 Å². The fraction of sp³-hybridized carbons (Fsp3) is 0.552. The van der Waals surface area contributed by atoms with Crippen LogP contribution < -0.4 is 0 Å². The number of rotatable bonds is 11. The topological polar surface area (TPSA) is 27.0 Å². The number of alkyl halides is 3. The van der Waals surface area contributed by atoms with Crippen LogP contribution in [0.3, 0.4) is 0 Å². The van der Waals surface area contributed by atoms with E-state index in [4.69, 9.17) is 0 Å². The molecule has 1 aliphatic rings. The number of nitrogens with zero attached hydrogens (tertiary/aromatic N) is 2. The monoisotopic (exact) mass is 470 g/mol. The van der Waals surface area contributed by atoms with Gasteiger partial charge in [0.1, 0.15) is 0 Å². The summed E-state index contributed by atoms with van der Waals surface area (Å²) in [6.45, 7) is 5.06. The molecule has 2 aromatic rings. The lowest BCUT2D eigenvalue weighted by Gasteiger charge is -2.38. The van der Waals surface area contributed by atoms with Crippen molar-refractivity contribution in [2.24, 2.45) is 5.92 Å². The van der Waals surface area contributed by atoms with Gasteiger partial charge in [-0.3, -0.25) is 0 Å². The lowest BCUT2D eigenvalue weighted by molar-refractivity contribution is -0.137. The van der Waals surface area contributed by atoms with E-state index in [1.165, 1.54) is 12.0 Å². The van der Waals surface area contributed by atoms with E-state index in [2.05, 4.69) is 42.2 Å². The summed E-state index contributed by atoms with van der Waals surface area (Å²) in [4.78, 5) is 2.46. The molecule has 1 fully saturated rings. The molecule has 3 rings (SSSR count). The van der Waals surface area contributed by atoms with Crippen molar-refractivity contribution < 1.29 is 13.2 Å². The first-order valence-electron chi connectivity index (χ1n) is 12.7. The molecule has 0 N–H and O–H groups in total. The van der Waals surface area contributed by atoms with E-state index in [1.54, 1.807) is 12.1 Å². The van der Waals surface area contributed by atoms with Crippen molar-refractivity contribution in [3.63, 3.8) is 0 Å². The minimum Gasteiger partial charge on any atom is -0.303 e. The van der Waals surface area contributed by atoms with Gasteiger partial charge >= 0.3 is 6.18 Å². The van der Waals surface area contributed by atoms with Gasteiger partial charge in [-0.15, -0.1) is 0 Å². The maximum Gasteiger partial charge on any atom is 0.416 e. The molecule has 0 amide bonds. The first-order chi connectivity index (χ1) is 16.4. The summed E-state index contributed by atoms with van der Waals surface area (Å²) in [5, 5.41) is 10.4. The van der Waals surface area contributed by atoms with Crippen molar-refractivity contribution in [3.8, 4) is 6.07 Å². The van der Waals surface area contributed by atoms with E-state index in [-0.39, 0.29) is 5.92 Å². The lowest BCUT2D eigenvalue weighted by Crippen LogP contribution is -2.37. The second kappa shape index (κ2) is 12.4. The van der Waals surface area contributed by atoms with Crippen molar-refractivity contribution >= 4 is 0 Å². The zero-order valence-electron chi connectivity index (χ0n) is 20.3. The first-order valence-corrected chi connectivity index (χ1v) is 12.7. The zero-order valence-corrected chi connectivity index (χ0v) is 20.3. The van der Waals surface area contributed by atoms with E-state index >= 15 is 0 Å². The highest BCUT2D eigenvalue weighted by Crippen LogP contribution is 2.44. The summed E-state index contributed by atoms with van der Waals surface area (Å²) in [5.41, 5.74) is 0.701. The highest BCUT2D eigenvalue weighted by Gasteiger charge is 2.41. The van der Waals surface area contributed by atoms with Crippen LogP contribution in [0.4, 0.5) is 13.2 Å². The summed E-state index contributed by atoms with van der Waals surface area (Å²) >= 11 is 0. The molecule has 0 bridgehead atoms. The third-order valence-electron chi connectivity index (χ3n) is 7.37. The summed E-state index contributed by atoms with van der Waals surface area (Å²) in [6.07, 6.45) is 4.55. The van der Waals surface area contributed by atoms with Gasteiger partial charge in [0.25, 0.3) is 0 Å². The van der Waals surface area contributed by atoms with Crippen LogP contribution in [0.15, 0.2) is 54.6 Å². The van der Waals surface area contributed by atoms with Crippen LogP contribution in [-0.2, 0) is 18.0 Å². The fourth-order valence-corrected chi connectivity index (χ4v) is 5.51. The Hall–Kier alpha value is -2.32. The van der Waals surface area contributed by atoms with E-state index in [1.807, 2.05) is 6.07 Å². The highest BCUT2D eigenvalue weighted by molar-refractivity contribution is 5.37. The Morgan fingerprint density at radius 3 is 2.12 bits per heavy atom. The molecule has 184 valence electrons. The molecule has 1 aliphatic carbocycles. The van der Waals surface area contributed by atoms with Crippen LogP contribution in [0.25, 0.3) is 0 Å². The SMILES string of the molecule is CCCN(CCCC(C#N)(c1ccc(C(F)(F)F)cc1)C1CCCCC1)CCc1ccccc1. The summed E-state index contributed by atoms with van der Waals surface area (Å²) < 4.78 is 39.4. The van der Waals surface area contributed by atoms with Crippen LogP contribution in [0.5, 0.6) is 0 Å². The van der Waals surface area contributed by atoms with E-state index < -0.39 is 17.2 Å². The van der Waals surface area contributed by atoms with Crippen LogP contribution in [0, 0.1) is 17.2 Å². The van der Waals surface area contributed by atoms with Gasteiger partial charge in [-0.25, -0.2) is 0 Å². The second-order valence-corrected chi connectivity index (χ2v) is 9.67. The molecule has 0 aromatic heterocycles. The van der Waals surface area contributed by atoms with Crippen molar-refractivity contribution in [2.45, 2.75) is 76.3 Å². The number of nitriles is 1. The molecule has 0 spiro atoms. The van der Waals surface area contributed by atoms with E-state index in [9.17, 15) is 18.4 Å². The molecule has 1 unspecified atom stereocenters. The first kappa shape index (κ1) is 26.3. The van der Waals surface area contributed by atoms with E-state index in [0.29, 0.717) is 6.42 Å². The van der Waals surface area contributed by atoms with Gasteiger partial charge in [0, 0.05) is 6.54 Å². The Bertz CT molecular complexity index is 896. The molecule has 0 saturated heterocycles. The molecule has 0 radical (unpaired) electrons. The average molecular weight is 471 g/mol. The van der Waals surface area contributed by atoms with Gasteiger partial charge < -0.3 is 4.90 Å². The number of hydrogen-bond donors (Lipinski definition) is 0. The minimum atomic E-state index is -4.36. The maximum atomic E-state index is 13.1. The van der Waals surface area contributed by atoms with Crippen LogP contribution in [0.1, 0.15) is 75.0 Å². The van der Waals surface area contributed by atoms with Gasteiger partial charge in [0.05, 0.1) is 17.0 Å². The summed E-state index contributed by atoms with van der Waals surface area (Å²) in [5.74, 6) is 0.201. The maximum absolute atomic E-state index is 13.1. The quantitative estimate of drug-likeness (QED) is 0.335. The van der Waals surface area contributed by atoms with Crippen LogP contribution in [0.2, 0.25) is 0 Å². The number of benzene rings is 2. The third kappa shape index (κ3) is 6.85. The Morgan fingerprint density at radius 1 is 0.882 bits per heavy atom. The zero-order chi connectivity index (χ0) is 24.4. The van der Waals surface area contributed by atoms with Crippen molar-refractivity contribution in [1.29, 1.82) is 5.26 Å². The van der Waals surface area contributed by atoms with Gasteiger partial charge in [0.15, 0.2) is 0 Å². The molecular weight excluding hydrogens is 433 g/mol. The van der Waals surface area contributed by atoms with Gasteiger partial charge in [-0.2, -0.15) is 18.4 Å². The standard InChI is InChI=1S/C29H37F3N2/c1-2-20-34(22-18-24-10-5-3-6-11-24)21-9-19-28(23-33,25-12-7-4-8-13-25)26-14-16-27(17-15-26)29(30,31)32/h3,5-6,10-11,14-17,25H,2,4,7-9,12-13,18-22H2,1H3. The van der Waals surface area contributed by atoms with Gasteiger partial charge in [-0.1, -0.05) is 68.7 Å². The second-order valence-electron chi connectivity index (χ2n) is 9.67. The lowest BCUT2D eigenvalue weighted by atomic mass is 9.63. The predicted molar refractivity (Wildman–Crippen MR) is 131 cm³/mol. The molecule has 2 aromatic carbocycles. The molecule has 0 aliphatic heterocycles. The number of hydrogen-bond acceptors (Lipinski definition) is 2. The Kier molecular flexibility index (Phi) is 9.59. The largest absolute Gasteiger partial charge is 0.416 e. The molecule has 1 saturated carbocycles. The van der Waals surface area contributed by atoms with Crippen molar-refractivity contribution in [3.05, 3.63) is 71.3 Å². The van der Waals surface area contributed by atoms with Crippen molar-refractivity contribution in [2.75, 3.05) is 19.6 Å². The smallest absolute Gasteiger partial charge is 0.303 e. The fourth-order valence-electron chi connectivity index (χ4n) is 5.51. The Balaban J connectivity index is 1.73. The highest BCUT2D eigenvalue weighted by atomic mass is 19.4. The molecule has 2 nitrogen and oxygen atoms in total. The molecule has 0 heterocycles. The summed E-state index contributed by atoms with van der Waals surface area (Å²) in [6, 6.07) is 18.5. The Morgan fingerprint density at radius 2 is 1.53 bits per heavy atom. The Labute approximate surface area is 202 Å². The van der Waals surface area contributed by atoms with Crippen LogP contribution in [-0.4, -0.2) is 24.5 Å². The molecular formula is C29H37F3N2. The average Bonchev–Trinajstić information content (AvgIpc) is 2.86. The number of halogens is 3.